The van der Waals surface area contributed by atoms with Crippen molar-refractivity contribution in [1.29, 1.82) is 0 Å². The van der Waals surface area contributed by atoms with Crippen LogP contribution in [0.5, 0.6) is 0 Å². The van der Waals surface area contributed by atoms with E-state index >= 15 is 0 Å². The molecule has 0 atom stereocenters. The molecule has 1 saturated heterocycles. The van der Waals surface area contributed by atoms with Crippen LogP contribution < -0.4 is 5.43 Å². The van der Waals surface area contributed by atoms with E-state index in [1.165, 1.54) is 0 Å². The van der Waals surface area contributed by atoms with Crippen molar-refractivity contribution in [2.75, 3.05) is 26.7 Å². The number of hydrogen-bond acceptors (Lipinski definition) is 4. The van der Waals surface area contributed by atoms with Crippen molar-refractivity contribution < 1.29 is 4.79 Å². The van der Waals surface area contributed by atoms with E-state index in [-0.39, 0.29) is 5.91 Å². The van der Waals surface area contributed by atoms with Crippen LogP contribution >= 0.6 is 0 Å². The highest BCUT2D eigenvalue weighted by Gasteiger charge is 2.28. The Balaban J connectivity index is 2.20. The molecule has 0 unspecified atom stereocenters. The molecular formula is C6H10N4O. The van der Waals surface area contributed by atoms with E-state index in [4.69, 9.17) is 0 Å². The molecule has 0 radical (unpaired) electrons. The number of amides is 1. The standard InChI is InChI=1S/C6H10N4O/c1-9-6-7-2-3-10(6)4-5(11)8-9/h2-4H2,1H3,(H,8,11). The Hall–Kier alpha value is -1.26. The normalized spacial score (nSPS) is 23.0. The lowest BCUT2D eigenvalue weighted by Gasteiger charge is -2.32. The molecule has 0 spiro atoms. The van der Waals surface area contributed by atoms with Gasteiger partial charge < -0.3 is 4.90 Å². The van der Waals surface area contributed by atoms with Crippen LogP contribution in [0.4, 0.5) is 0 Å². The predicted molar refractivity (Wildman–Crippen MR) is 39.8 cm³/mol. The highest BCUT2D eigenvalue weighted by molar-refractivity contribution is 5.92. The highest BCUT2D eigenvalue weighted by Crippen LogP contribution is 2.06. The first-order valence-electron chi connectivity index (χ1n) is 3.60. The Morgan fingerprint density at radius 1 is 1.64 bits per heavy atom. The molecule has 0 aromatic carbocycles. The highest BCUT2D eigenvalue weighted by atomic mass is 16.2. The molecule has 5 heteroatoms. The van der Waals surface area contributed by atoms with E-state index in [0.29, 0.717) is 6.54 Å². The number of carbonyl (C=O) groups excluding carboxylic acids is 1. The van der Waals surface area contributed by atoms with E-state index in [1.54, 1.807) is 12.1 Å². The molecule has 2 heterocycles. The van der Waals surface area contributed by atoms with Gasteiger partial charge in [-0.05, 0) is 0 Å². The fraction of sp³-hybridized carbons (Fsp3) is 0.667. The fourth-order valence-corrected chi connectivity index (χ4v) is 1.38. The van der Waals surface area contributed by atoms with Crippen LogP contribution in [0.15, 0.2) is 4.99 Å². The Morgan fingerprint density at radius 2 is 2.45 bits per heavy atom. The van der Waals surface area contributed by atoms with Gasteiger partial charge in [-0.2, -0.15) is 0 Å². The molecule has 11 heavy (non-hydrogen) atoms. The zero-order chi connectivity index (χ0) is 7.84. The van der Waals surface area contributed by atoms with Gasteiger partial charge >= 0.3 is 0 Å². The minimum atomic E-state index is 0.0355. The van der Waals surface area contributed by atoms with Crippen molar-refractivity contribution in [2.45, 2.75) is 0 Å². The fourth-order valence-electron chi connectivity index (χ4n) is 1.38. The van der Waals surface area contributed by atoms with Crippen molar-refractivity contribution in [3.63, 3.8) is 0 Å². The van der Waals surface area contributed by atoms with E-state index in [0.717, 1.165) is 19.0 Å². The monoisotopic (exact) mass is 154 g/mol. The predicted octanol–water partition coefficient (Wildman–Crippen LogP) is -1.37. The number of fused-ring (bicyclic) bond motifs is 1. The molecule has 1 amide bonds. The Labute approximate surface area is 64.6 Å². The van der Waals surface area contributed by atoms with E-state index < -0.39 is 0 Å². The minimum absolute atomic E-state index is 0.0355. The Morgan fingerprint density at radius 3 is 3.27 bits per heavy atom. The molecule has 0 bridgehead atoms. The van der Waals surface area contributed by atoms with Crippen molar-refractivity contribution in [3.05, 3.63) is 0 Å². The van der Waals surface area contributed by atoms with Crippen molar-refractivity contribution in [1.82, 2.24) is 15.3 Å². The molecule has 60 valence electrons. The largest absolute Gasteiger partial charge is 0.330 e. The number of hydrazine groups is 1. The first kappa shape index (κ1) is 6.45. The summed E-state index contributed by atoms with van der Waals surface area (Å²) in [6, 6.07) is 0. The number of nitrogens with one attached hydrogen (secondary N) is 1. The van der Waals surface area contributed by atoms with Gasteiger partial charge in [0.2, 0.25) is 5.96 Å². The van der Waals surface area contributed by atoms with Gasteiger partial charge in [0.25, 0.3) is 5.91 Å². The lowest BCUT2D eigenvalue weighted by Crippen LogP contribution is -2.58. The molecule has 2 aliphatic rings. The van der Waals surface area contributed by atoms with Gasteiger partial charge in [-0.15, -0.1) is 0 Å². The first-order valence-corrected chi connectivity index (χ1v) is 3.60. The number of guanidine groups is 1. The quantitative estimate of drug-likeness (QED) is 0.468. The third-order valence-electron chi connectivity index (χ3n) is 1.83. The molecule has 1 N–H and O–H groups in total. The SMILES string of the molecule is CN1NC(=O)CN2CCN=C21. The van der Waals surface area contributed by atoms with Crippen molar-refractivity contribution in [3.8, 4) is 0 Å². The third-order valence-corrected chi connectivity index (χ3v) is 1.83. The van der Waals surface area contributed by atoms with Crippen LogP contribution in [0.3, 0.4) is 0 Å². The summed E-state index contributed by atoms with van der Waals surface area (Å²) in [6.45, 7) is 2.12. The molecular weight excluding hydrogens is 144 g/mol. The van der Waals surface area contributed by atoms with Gasteiger partial charge in [0.05, 0.1) is 6.54 Å². The van der Waals surface area contributed by atoms with Crippen molar-refractivity contribution >= 4 is 11.9 Å². The summed E-state index contributed by atoms with van der Waals surface area (Å²) in [6.07, 6.45) is 0. The summed E-state index contributed by atoms with van der Waals surface area (Å²) in [5, 5.41) is 1.67. The molecule has 0 aliphatic carbocycles. The van der Waals surface area contributed by atoms with E-state index in [1.807, 2.05) is 4.90 Å². The smallest absolute Gasteiger partial charge is 0.258 e. The van der Waals surface area contributed by atoms with Crippen LogP contribution in [0.25, 0.3) is 0 Å². The van der Waals surface area contributed by atoms with Gasteiger partial charge in [-0.3, -0.25) is 15.2 Å². The van der Waals surface area contributed by atoms with Crippen molar-refractivity contribution in [2.24, 2.45) is 4.99 Å². The molecule has 2 rings (SSSR count). The van der Waals surface area contributed by atoms with Gasteiger partial charge in [-0.25, -0.2) is 4.99 Å². The van der Waals surface area contributed by atoms with Crippen LogP contribution in [-0.2, 0) is 4.79 Å². The molecule has 5 nitrogen and oxygen atoms in total. The number of nitrogens with zero attached hydrogens (tertiary/aromatic N) is 3. The van der Waals surface area contributed by atoms with E-state index in [9.17, 15) is 4.79 Å². The first-order chi connectivity index (χ1) is 5.27. The lowest BCUT2D eigenvalue weighted by molar-refractivity contribution is -0.126. The maximum atomic E-state index is 11.0. The molecule has 1 fully saturated rings. The molecule has 0 saturated carbocycles. The van der Waals surface area contributed by atoms with Gasteiger partial charge in [0, 0.05) is 13.6 Å². The molecule has 0 aromatic heterocycles. The van der Waals surface area contributed by atoms with Crippen LogP contribution in [0, 0.1) is 0 Å². The topological polar surface area (TPSA) is 47.9 Å². The number of rotatable bonds is 0. The average molecular weight is 154 g/mol. The second kappa shape index (κ2) is 2.11. The zero-order valence-electron chi connectivity index (χ0n) is 6.37. The summed E-state index contributed by atoms with van der Waals surface area (Å²) < 4.78 is 0. The molecule has 0 aromatic rings. The zero-order valence-corrected chi connectivity index (χ0v) is 6.37. The maximum Gasteiger partial charge on any atom is 0.258 e. The summed E-state index contributed by atoms with van der Waals surface area (Å²) in [4.78, 5) is 17.2. The Bertz CT molecular complexity index is 225. The number of aliphatic imine (C=N–C) groups is 1. The van der Waals surface area contributed by atoms with Gasteiger partial charge in [0.1, 0.15) is 6.54 Å². The minimum Gasteiger partial charge on any atom is -0.330 e. The average Bonchev–Trinajstić information content (AvgIpc) is 2.34. The Kier molecular flexibility index (Phi) is 1.24. The summed E-state index contributed by atoms with van der Waals surface area (Å²) >= 11 is 0. The van der Waals surface area contributed by atoms with Gasteiger partial charge in [-0.1, -0.05) is 0 Å². The summed E-state index contributed by atoms with van der Waals surface area (Å²) in [5.74, 6) is 0.915. The molecule has 2 aliphatic heterocycles. The lowest BCUT2D eigenvalue weighted by atomic mass is 10.4. The summed E-state index contributed by atoms with van der Waals surface area (Å²) in [5.41, 5.74) is 2.67. The summed E-state index contributed by atoms with van der Waals surface area (Å²) in [7, 11) is 1.80. The van der Waals surface area contributed by atoms with E-state index in [2.05, 4.69) is 10.4 Å². The van der Waals surface area contributed by atoms with Crippen LogP contribution in [-0.4, -0.2) is 48.5 Å². The third kappa shape index (κ3) is 0.923. The number of carbonyl (C=O) groups is 1. The maximum absolute atomic E-state index is 11.0. The second-order valence-corrected chi connectivity index (χ2v) is 2.70. The van der Waals surface area contributed by atoms with Crippen LogP contribution in [0.2, 0.25) is 0 Å². The van der Waals surface area contributed by atoms with Crippen LogP contribution in [0.1, 0.15) is 0 Å². The second-order valence-electron chi connectivity index (χ2n) is 2.70. The van der Waals surface area contributed by atoms with Gasteiger partial charge in [0.15, 0.2) is 0 Å². The number of hydrogen-bond donors (Lipinski definition) is 1.